The van der Waals surface area contributed by atoms with Gasteiger partial charge in [0.2, 0.25) is 0 Å². The van der Waals surface area contributed by atoms with Crippen molar-refractivity contribution in [3.05, 3.63) is 61.7 Å². The molecule has 0 spiro atoms. The van der Waals surface area contributed by atoms with Gasteiger partial charge in [-0.25, -0.2) is 9.67 Å². The molecule has 1 N–H and O–H groups in total. The standard InChI is InChI=1S/C21H19BrClN5O/c1-11-8-13(12(2)25-16-4-5-17(23)26-19(16)22)18-14(9-11)21(29)27-6-3-7-28-20(27)15(18)10-24-28/h4-5,8-10,12,25H,3,6-7H2,1-2H3. The Kier molecular flexibility index (Phi) is 4.40. The zero-order valence-corrected chi connectivity index (χ0v) is 18.4. The molecule has 8 heteroatoms. The van der Waals surface area contributed by atoms with Crippen LogP contribution in [-0.2, 0) is 13.1 Å². The number of nitrogens with zero attached hydrogens (tertiary/aromatic N) is 4. The molecule has 1 aliphatic heterocycles. The number of aromatic nitrogens is 4. The summed E-state index contributed by atoms with van der Waals surface area (Å²) in [7, 11) is 0. The lowest BCUT2D eigenvalue weighted by Crippen LogP contribution is -2.27. The quantitative estimate of drug-likeness (QED) is 0.424. The number of benzene rings is 1. The molecule has 3 aromatic heterocycles. The van der Waals surface area contributed by atoms with E-state index >= 15 is 0 Å². The summed E-state index contributed by atoms with van der Waals surface area (Å²) in [5, 5.41) is 11.2. The van der Waals surface area contributed by atoms with Gasteiger partial charge in [-0.2, -0.15) is 5.10 Å². The normalized spacial score (nSPS) is 14.5. The van der Waals surface area contributed by atoms with Gasteiger partial charge >= 0.3 is 0 Å². The second-order valence-corrected chi connectivity index (χ2v) is 8.67. The van der Waals surface area contributed by atoms with E-state index in [4.69, 9.17) is 11.6 Å². The lowest BCUT2D eigenvalue weighted by molar-refractivity contribution is 0.485. The first-order valence-corrected chi connectivity index (χ1v) is 10.7. The van der Waals surface area contributed by atoms with Crippen LogP contribution < -0.4 is 10.9 Å². The van der Waals surface area contributed by atoms with E-state index in [-0.39, 0.29) is 11.6 Å². The van der Waals surface area contributed by atoms with Crippen molar-refractivity contribution in [3.8, 4) is 0 Å². The molecule has 0 aliphatic carbocycles. The molecular weight excluding hydrogens is 454 g/mol. The first-order valence-electron chi connectivity index (χ1n) is 9.55. The highest BCUT2D eigenvalue weighted by Gasteiger charge is 2.22. The molecule has 148 valence electrons. The number of fused-ring (bicyclic) bond motifs is 2. The number of hydrogen-bond acceptors (Lipinski definition) is 4. The number of aryl methyl sites for hydroxylation is 3. The van der Waals surface area contributed by atoms with Gasteiger partial charge in [0.1, 0.15) is 15.4 Å². The minimum Gasteiger partial charge on any atom is -0.376 e. The molecule has 0 saturated heterocycles. The summed E-state index contributed by atoms with van der Waals surface area (Å²) in [5.41, 5.74) is 3.94. The van der Waals surface area contributed by atoms with Crippen LogP contribution in [0.15, 0.2) is 39.9 Å². The maximum Gasteiger partial charge on any atom is 0.260 e. The van der Waals surface area contributed by atoms with Crippen molar-refractivity contribution in [1.82, 2.24) is 19.3 Å². The van der Waals surface area contributed by atoms with Crippen LogP contribution in [0.5, 0.6) is 0 Å². The molecule has 0 bridgehead atoms. The molecule has 1 aromatic carbocycles. The Morgan fingerprint density at radius 3 is 2.86 bits per heavy atom. The third-order valence-corrected chi connectivity index (χ3v) is 6.35. The molecule has 5 rings (SSSR count). The predicted octanol–water partition coefficient (Wildman–Crippen LogP) is 5.05. The fraction of sp³-hybridized carbons (Fsp3) is 0.286. The number of nitrogens with one attached hydrogen (secondary N) is 1. The molecule has 1 unspecified atom stereocenters. The van der Waals surface area contributed by atoms with E-state index in [0.717, 1.165) is 58.1 Å². The SMILES string of the molecule is Cc1cc(C(C)Nc2ccc(Cl)nc2Br)c2c(c1)c(=O)n1c3c2cnn3CCC1. The molecule has 1 aliphatic rings. The average molecular weight is 473 g/mol. The first-order chi connectivity index (χ1) is 13.9. The van der Waals surface area contributed by atoms with Crippen molar-refractivity contribution < 1.29 is 0 Å². The van der Waals surface area contributed by atoms with Crippen molar-refractivity contribution in [2.75, 3.05) is 5.32 Å². The fourth-order valence-electron chi connectivity index (χ4n) is 4.29. The Morgan fingerprint density at radius 1 is 1.24 bits per heavy atom. The van der Waals surface area contributed by atoms with Gasteiger partial charge in [-0.3, -0.25) is 9.36 Å². The number of pyridine rings is 2. The van der Waals surface area contributed by atoms with Gasteiger partial charge in [0, 0.05) is 35.3 Å². The summed E-state index contributed by atoms with van der Waals surface area (Å²) in [6.45, 7) is 5.69. The minimum atomic E-state index is -0.0542. The third kappa shape index (κ3) is 2.95. The smallest absolute Gasteiger partial charge is 0.260 e. The topological polar surface area (TPSA) is 64.7 Å². The van der Waals surface area contributed by atoms with Gasteiger partial charge in [-0.05, 0) is 65.5 Å². The van der Waals surface area contributed by atoms with Crippen LogP contribution in [0.25, 0.3) is 21.8 Å². The van der Waals surface area contributed by atoms with Gasteiger partial charge in [-0.15, -0.1) is 0 Å². The largest absolute Gasteiger partial charge is 0.376 e. The van der Waals surface area contributed by atoms with Gasteiger partial charge in [0.15, 0.2) is 0 Å². The minimum absolute atomic E-state index is 0.0542. The molecule has 0 radical (unpaired) electrons. The van der Waals surface area contributed by atoms with Crippen LogP contribution >= 0.6 is 27.5 Å². The maximum atomic E-state index is 13.3. The highest BCUT2D eigenvalue weighted by atomic mass is 79.9. The monoisotopic (exact) mass is 471 g/mol. The Balaban J connectivity index is 1.75. The zero-order chi connectivity index (χ0) is 20.3. The maximum absolute atomic E-state index is 13.3. The van der Waals surface area contributed by atoms with E-state index in [1.54, 1.807) is 6.07 Å². The van der Waals surface area contributed by atoms with E-state index in [0.29, 0.717) is 9.76 Å². The van der Waals surface area contributed by atoms with Crippen molar-refractivity contribution in [2.24, 2.45) is 0 Å². The number of halogens is 2. The zero-order valence-electron chi connectivity index (χ0n) is 16.0. The van der Waals surface area contributed by atoms with Crippen molar-refractivity contribution >= 4 is 55.0 Å². The Bertz CT molecular complexity index is 1340. The molecule has 6 nitrogen and oxygen atoms in total. The van der Waals surface area contributed by atoms with E-state index in [2.05, 4.69) is 44.3 Å². The van der Waals surface area contributed by atoms with Crippen LogP contribution in [0.4, 0.5) is 5.69 Å². The summed E-state index contributed by atoms with van der Waals surface area (Å²) in [5.74, 6) is 0. The number of hydrogen-bond donors (Lipinski definition) is 1. The van der Waals surface area contributed by atoms with Crippen molar-refractivity contribution in [3.63, 3.8) is 0 Å². The molecule has 0 fully saturated rings. The second-order valence-electron chi connectivity index (χ2n) is 7.53. The highest BCUT2D eigenvalue weighted by Crippen LogP contribution is 2.34. The van der Waals surface area contributed by atoms with E-state index in [9.17, 15) is 4.79 Å². The predicted molar refractivity (Wildman–Crippen MR) is 120 cm³/mol. The van der Waals surface area contributed by atoms with E-state index in [1.807, 2.05) is 34.5 Å². The van der Waals surface area contributed by atoms with Gasteiger partial charge in [-0.1, -0.05) is 17.7 Å². The van der Waals surface area contributed by atoms with Gasteiger partial charge in [0.25, 0.3) is 5.56 Å². The van der Waals surface area contributed by atoms with Crippen molar-refractivity contribution in [1.29, 1.82) is 0 Å². The van der Waals surface area contributed by atoms with E-state index < -0.39 is 0 Å². The molecule has 0 saturated carbocycles. The van der Waals surface area contributed by atoms with Crippen molar-refractivity contribution in [2.45, 2.75) is 39.4 Å². The van der Waals surface area contributed by atoms with Gasteiger partial charge < -0.3 is 5.32 Å². The molecule has 0 amide bonds. The fourth-order valence-corrected chi connectivity index (χ4v) is 4.97. The van der Waals surface area contributed by atoms with E-state index in [1.165, 1.54) is 0 Å². The molecule has 4 heterocycles. The highest BCUT2D eigenvalue weighted by molar-refractivity contribution is 9.10. The summed E-state index contributed by atoms with van der Waals surface area (Å²) in [6.07, 6.45) is 2.81. The Hall–Kier alpha value is -2.38. The van der Waals surface area contributed by atoms with Crippen LogP contribution in [-0.4, -0.2) is 19.3 Å². The summed E-state index contributed by atoms with van der Waals surface area (Å²) < 4.78 is 4.47. The van der Waals surface area contributed by atoms with Crippen LogP contribution in [0.3, 0.4) is 0 Å². The summed E-state index contributed by atoms with van der Waals surface area (Å²) in [4.78, 5) is 17.6. The van der Waals surface area contributed by atoms with Crippen LogP contribution in [0, 0.1) is 6.92 Å². The molecule has 1 atom stereocenters. The van der Waals surface area contributed by atoms with Crippen LogP contribution in [0.2, 0.25) is 5.15 Å². The lowest BCUT2D eigenvalue weighted by atomic mass is 9.95. The third-order valence-electron chi connectivity index (χ3n) is 5.53. The average Bonchev–Trinajstić information content (AvgIpc) is 3.12. The van der Waals surface area contributed by atoms with Crippen LogP contribution in [0.1, 0.15) is 30.5 Å². The second kappa shape index (κ2) is 6.85. The molecular formula is C21H19BrClN5O. The Morgan fingerprint density at radius 2 is 2.07 bits per heavy atom. The Labute approximate surface area is 180 Å². The summed E-state index contributed by atoms with van der Waals surface area (Å²) in [6, 6.07) is 7.73. The first kappa shape index (κ1) is 18.6. The van der Waals surface area contributed by atoms with Gasteiger partial charge in [0.05, 0.1) is 11.9 Å². The molecule has 4 aromatic rings. The molecule has 29 heavy (non-hydrogen) atoms. The lowest BCUT2D eigenvalue weighted by Gasteiger charge is -2.22. The summed E-state index contributed by atoms with van der Waals surface area (Å²) >= 11 is 9.44. The number of anilines is 1. The number of rotatable bonds is 3.